The summed E-state index contributed by atoms with van der Waals surface area (Å²) >= 11 is 0. The molecule has 4 nitrogen and oxygen atoms in total. The van der Waals surface area contributed by atoms with Crippen molar-refractivity contribution in [1.29, 1.82) is 0 Å². The number of nitrogens with zero attached hydrogens (tertiary/aromatic N) is 2. The lowest BCUT2D eigenvalue weighted by Crippen LogP contribution is -2.32. The quantitative estimate of drug-likeness (QED) is 0.817. The van der Waals surface area contributed by atoms with Crippen LogP contribution in [-0.4, -0.2) is 27.6 Å². The van der Waals surface area contributed by atoms with Crippen molar-refractivity contribution in [2.75, 3.05) is 6.61 Å². The van der Waals surface area contributed by atoms with Crippen LogP contribution in [0.25, 0.3) is 0 Å². The fourth-order valence-electron chi connectivity index (χ4n) is 2.05. The standard InChI is InChI=1S/C11H18N2O2/c1-3-5-13-8-10(7-12-13)11(14)4-6-15-9(11)2/h7-9,14H,3-6H2,1-2H3. The molecule has 1 saturated heterocycles. The minimum absolute atomic E-state index is 0.142. The molecule has 1 aliphatic rings. The second-order valence-corrected chi connectivity index (χ2v) is 4.18. The van der Waals surface area contributed by atoms with Crippen molar-refractivity contribution in [2.24, 2.45) is 0 Å². The second-order valence-electron chi connectivity index (χ2n) is 4.18. The van der Waals surface area contributed by atoms with Gasteiger partial charge in [0.15, 0.2) is 0 Å². The van der Waals surface area contributed by atoms with Gasteiger partial charge in [0.1, 0.15) is 5.60 Å². The molecule has 4 heteroatoms. The largest absolute Gasteiger partial charge is 0.382 e. The highest BCUT2D eigenvalue weighted by atomic mass is 16.5. The van der Waals surface area contributed by atoms with Crippen LogP contribution in [-0.2, 0) is 16.9 Å². The highest BCUT2D eigenvalue weighted by Crippen LogP contribution is 2.35. The van der Waals surface area contributed by atoms with Gasteiger partial charge < -0.3 is 9.84 Å². The fraction of sp³-hybridized carbons (Fsp3) is 0.727. The Hall–Kier alpha value is -0.870. The van der Waals surface area contributed by atoms with E-state index in [-0.39, 0.29) is 6.10 Å². The molecule has 1 N–H and O–H groups in total. The molecular weight excluding hydrogens is 192 g/mol. The first-order chi connectivity index (χ1) is 7.16. The Morgan fingerprint density at radius 2 is 2.53 bits per heavy atom. The summed E-state index contributed by atoms with van der Waals surface area (Å²) in [5.74, 6) is 0. The van der Waals surface area contributed by atoms with Crippen LogP contribution in [0.3, 0.4) is 0 Å². The molecule has 0 spiro atoms. The molecule has 1 aromatic rings. The predicted octanol–water partition coefficient (Wildman–Crippen LogP) is 1.29. The van der Waals surface area contributed by atoms with Gasteiger partial charge in [0.25, 0.3) is 0 Å². The Kier molecular flexibility index (Phi) is 2.80. The first kappa shape index (κ1) is 10.6. The molecular formula is C11H18N2O2. The zero-order valence-electron chi connectivity index (χ0n) is 9.31. The molecule has 2 atom stereocenters. The zero-order chi connectivity index (χ0) is 10.9. The van der Waals surface area contributed by atoms with E-state index in [9.17, 15) is 5.11 Å². The topological polar surface area (TPSA) is 47.3 Å². The van der Waals surface area contributed by atoms with Crippen molar-refractivity contribution in [2.45, 2.75) is 44.9 Å². The Bertz CT molecular complexity index is 337. The first-order valence-corrected chi connectivity index (χ1v) is 5.53. The van der Waals surface area contributed by atoms with Gasteiger partial charge in [0.05, 0.1) is 18.9 Å². The van der Waals surface area contributed by atoms with E-state index in [0.29, 0.717) is 13.0 Å². The molecule has 2 heterocycles. The van der Waals surface area contributed by atoms with Gasteiger partial charge in [0.2, 0.25) is 0 Å². The third-order valence-corrected chi connectivity index (χ3v) is 3.11. The molecule has 2 unspecified atom stereocenters. The number of hydrogen-bond donors (Lipinski definition) is 1. The van der Waals surface area contributed by atoms with Crippen molar-refractivity contribution < 1.29 is 9.84 Å². The average Bonchev–Trinajstić information content (AvgIpc) is 2.77. The van der Waals surface area contributed by atoms with Gasteiger partial charge in [-0.3, -0.25) is 4.68 Å². The monoisotopic (exact) mass is 210 g/mol. The molecule has 0 saturated carbocycles. The van der Waals surface area contributed by atoms with Crippen molar-refractivity contribution >= 4 is 0 Å². The number of rotatable bonds is 3. The van der Waals surface area contributed by atoms with Crippen LogP contribution < -0.4 is 0 Å². The fourth-order valence-corrected chi connectivity index (χ4v) is 2.05. The number of aromatic nitrogens is 2. The van der Waals surface area contributed by atoms with E-state index >= 15 is 0 Å². The van der Waals surface area contributed by atoms with Crippen molar-refractivity contribution in [3.8, 4) is 0 Å². The molecule has 0 amide bonds. The van der Waals surface area contributed by atoms with Crippen LogP contribution in [0.15, 0.2) is 12.4 Å². The van der Waals surface area contributed by atoms with Crippen LogP contribution >= 0.6 is 0 Å². The van der Waals surface area contributed by atoms with Crippen molar-refractivity contribution in [3.05, 3.63) is 18.0 Å². The number of aliphatic hydroxyl groups is 1. The molecule has 84 valence electrons. The van der Waals surface area contributed by atoms with Crippen molar-refractivity contribution in [1.82, 2.24) is 9.78 Å². The summed E-state index contributed by atoms with van der Waals surface area (Å²) in [6.45, 7) is 5.53. The van der Waals surface area contributed by atoms with Gasteiger partial charge in [-0.1, -0.05) is 6.92 Å². The average molecular weight is 210 g/mol. The van der Waals surface area contributed by atoms with Gasteiger partial charge in [-0.15, -0.1) is 0 Å². The van der Waals surface area contributed by atoms with E-state index in [4.69, 9.17) is 4.74 Å². The minimum Gasteiger partial charge on any atom is -0.382 e. The molecule has 1 aromatic heterocycles. The number of aryl methyl sites for hydroxylation is 1. The van der Waals surface area contributed by atoms with E-state index < -0.39 is 5.60 Å². The third kappa shape index (κ3) is 1.79. The Labute approximate surface area is 89.9 Å². The zero-order valence-corrected chi connectivity index (χ0v) is 9.31. The van der Waals surface area contributed by atoms with E-state index in [2.05, 4.69) is 12.0 Å². The van der Waals surface area contributed by atoms with Gasteiger partial charge in [0, 0.05) is 24.7 Å². The summed E-state index contributed by atoms with van der Waals surface area (Å²) in [5, 5.41) is 14.7. The molecule has 15 heavy (non-hydrogen) atoms. The lowest BCUT2D eigenvalue weighted by Gasteiger charge is -2.24. The van der Waals surface area contributed by atoms with Gasteiger partial charge in [-0.05, 0) is 13.3 Å². The van der Waals surface area contributed by atoms with Gasteiger partial charge in [-0.25, -0.2) is 0 Å². The van der Waals surface area contributed by atoms with E-state index in [1.165, 1.54) is 0 Å². The summed E-state index contributed by atoms with van der Waals surface area (Å²) in [4.78, 5) is 0. The summed E-state index contributed by atoms with van der Waals surface area (Å²) in [7, 11) is 0. The smallest absolute Gasteiger partial charge is 0.121 e. The van der Waals surface area contributed by atoms with Gasteiger partial charge >= 0.3 is 0 Å². The van der Waals surface area contributed by atoms with Crippen LogP contribution in [0.4, 0.5) is 0 Å². The normalized spacial score (nSPS) is 31.0. The second kappa shape index (κ2) is 3.94. The highest BCUT2D eigenvalue weighted by molar-refractivity contribution is 5.18. The molecule has 0 radical (unpaired) electrons. The molecule has 0 bridgehead atoms. The molecule has 1 aliphatic heterocycles. The predicted molar refractivity (Wildman–Crippen MR) is 56.4 cm³/mol. The first-order valence-electron chi connectivity index (χ1n) is 5.53. The Morgan fingerprint density at radius 3 is 3.13 bits per heavy atom. The molecule has 2 rings (SSSR count). The maximum absolute atomic E-state index is 10.4. The van der Waals surface area contributed by atoms with Crippen LogP contribution in [0.5, 0.6) is 0 Å². The molecule has 0 aromatic carbocycles. The Balaban J connectivity index is 2.21. The minimum atomic E-state index is -0.841. The summed E-state index contributed by atoms with van der Waals surface area (Å²) < 4.78 is 7.28. The molecule has 1 fully saturated rings. The van der Waals surface area contributed by atoms with E-state index in [1.54, 1.807) is 6.20 Å². The number of ether oxygens (including phenoxy) is 1. The number of hydrogen-bond acceptors (Lipinski definition) is 3. The van der Waals surface area contributed by atoms with E-state index in [1.807, 2.05) is 17.8 Å². The van der Waals surface area contributed by atoms with Gasteiger partial charge in [-0.2, -0.15) is 5.10 Å². The van der Waals surface area contributed by atoms with Crippen LogP contribution in [0, 0.1) is 0 Å². The maximum Gasteiger partial charge on any atom is 0.121 e. The van der Waals surface area contributed by atoms with E-state index in [0.717, 1.165) is 18.5 Å². The summed E-state index contributed by atoms with van der Waals surface area (Å²) in [5.41, 5.74) is 0.0346. The lowest BCUT2D eigenvalue weighted by atomic mass is 9.90. The lowest BCUT2D eigenvalue weighted by molar-refractivity contribution is -0.0317. The highest BCUT2D eigenvalue weighted by Gasteiger charge is 2.41. The molecule has 0 aliphatic carbocycles. The van der Waals surface area contributed by atoms with Crippen LogP contribution in [0.1, 0.15) is 32.3 Å². The van der Waals surface area contributed by atoms with Crippen LogP contribution in [0.2, 0.25) is 0 Å². The summed E-state index contributed by atoms with van der Waals surface area (Å²) in [6.07, 6.45) is 5.24. The third-order valence-electron chi connectivity index (χ3n) is 3.11. The summed E-state index contributed by atoms with van der Waals surface area (Å²) in [6, 6.07) is 0. The SMILES string of the molecule is CCCn1cc(C2(O)CCOC2C)cn1. The Morgan fingerprint density at radius 1 is 1.73 bits per heavy atom. The van der Waals surface area contributed by atoms with Crippen molar-refractivity contribution in [3.63, 3.8) is 0 Å². The maximum atomic E-state index is 10.4.